The number of carboxylic acids is 1. The molecule has 0 spiro atoms. The van der Waals surface area contributed by atoms with Crippen LogP contribution in [0, 0.1) is 6.92 Å². The van der Waals surface area contributed by atoms with Gasteiger partial charge in [0.05, 0.1) is 5.56 Å². The van der Waals surface area contributed by atoms with Crippen molar-refractivity contribution in [3.05, 3.63) is 65.2 Å². The minimum atomic E-state index is -0.892. The molecular formula is C19H20O2. The fourth-order valence-corrected chi connectivity index (χ4v) is 2.24. The number of aryl methyl sites for hydroxylation is 1. The molecule has 1 N–H and O–H groups in total. The van der Waals surface area contributed by atoms with E-state index in [2.05, 4.69) is 19.1 Å². The molecule has 2 aromatic carbocycles. The van der Waals surface area contributed by atoms with Gasteiger partial charge in [-0.05, 0) is 36.1 Å². The largest absolute Gasteiger partial charge is 0.478 e. The maximum atomic E-state index is 11.3. The number of rotatable bonds is 5. The van der Waals surface area contributed by atoms with E-state index in [9.17, 15) is 9.90 Å². The summed E-state index contributed by atoms with van der Waals surface area (Å²) in [5.74, 6) is -0.892. The molecule has 0 bridgehead atoms. The molecule has 2 nitrogen and oxygen atoms in total. The Hall–Kier alpha value is -2.35. The maximum Gasteiger partial charge on any atom is 0.336 e. The van der Waals surface area contributed by atoms with Crippen molar-refractivity contribution in [3.8, 4) is 11.1 Å². The fourth-order valence-electron chi connectivity index (χ4n) is 2.24. The number of unbranched alkanes of at least 4 members (excludes halogenated alkanes) is 1. The number of hydrogen-bond donors (Lipinski definition) is 1. The van der Waals surface area contributed by atoms with Crippen molar-refractivity contribution in [2.45, 2.75) is 26.7 Å². The van der Waals surface area contributed by atoms with E-state index >= 15 is 0 Å². The summed E-state index contributed by atoms with van der Waals surface area (Å²) in [7, 11) is 0. The van der Waals surface area contributed by atoms with Gasteiger partial charge < -0.3 is 5.11 Å². The van der Waals surface area contributed by atoms with Gasteiger partial charge in [-0.2, -0.15) is 0 Å². The summed E-state index contributed by atoms with van der Waals surface area (Å²) in [6, 6.07) is 13.4. The molecule has 108 valence electrons. The Balaban J connectivity index is 2.34. The van der Waals surface area contributed by atoms with Crippen LogP contribution >= 0.6 is 0 Å². The molecule has 0 radical (unpaired) electrons. The highest BCUT2D eigenvalue weighted by atomic mass is 16.4. The SMILES string of the molecule is CCC/C=C/c1ccc(-c2cc(C)ccc2C(=O)O)cc1. The van der Waals surface area contributed by atoms with Crippen molar-refractivity contribution in [3.63, 3.8) is 0 Å². The number of benzene rings is 2. The normalized spacial score (nSPS) is 11.0. The van der Waals surface area contributed by atoms with Crippen LogP contribution in [0.5, 0.6) is 0 Å². The second-order valence-corrected chi connectivity index (χ2v) is 5.17. The number of aromatic carboxylic acids is 1. The monoisotopic (exact) mass is 280 g/mol. The molecule has 0 aromatic heterocycles. The zero-order valence-corrected chi connectivity index (χ0v) is 12.5. The predicted molar refractivity (Wildman–Crippen MR) is 87.5 cm³/mol. The summed E-state index contributed by atoms with van der Waals surface area (Å²) in [6.07, 6.45) is 6.47. The quantitative estimate of drug-likeness (QED) is 0.820. The Morgan fingerprint density at radius 3 is 2.48 bits per heavy atom. The molecule has 2 rings (SSSR count). The summed E-state index contributed by atoms with van der Waals surface area (Å²) >= 11 is 0. The van der Waals surface area contributed by atoms with Gasteiger partial charge in [0.25, 0.3) is 0 Å². The van der Waals surface area contributed by atoms with Crippen LogP contribution < -0.4 is 0 Å². The molecule has 0 unspecified atom stereocenters. The van der Waals surface area contributed by atoms with Crippen LogP contribution in [0.3, 0.4) is 0 Å². The minimum Gasteiger partial charge on any atom is -0.478 e. The van der Waals surface area contributed by atoms with E-state index in [0.29, 0.717) is 5.56 Å². The fraction of sp³-hybridized carbons (Fsp3) is 0.211. The molecule has 0 atom stereocenters. The first-order valence-corrected chi connectivity index (χ1v) is 7.22. The summed E-state index contributed by atoms with van der Waals surface area (Å²) in [6.45, 7) is 4.12. The first-order valence-electron chi connectivity index (χ1n) is 7.22. The lowest BCUT2D eigenvalue weighted by Gasteiger charge is -2.08. The van der Waals surface area contributed by atoms with Crippen molar-refractivity contribution in [1.29, 1.82) is 0 Å². The highest BCUT2D eigenvalue weighted by Gasteiger charge is 2.11. The van der Waals surface area contributed by atoms with Crippen molar-refractivity contribution in [1.82, 2.24) is 0 Å². The molecular weight excluding hydrogens is 260 g/mol. The predicted octanol–water partition coefficient (Wildman–Crippen LogP) is 5.17. The highest BCUT2D eigenvalue weighted by Crippen LogP contribution is 2.25. The van der Waals surface area contributed by atoms with Gasteiger partial charge in [0, 0.05) is 0 Å². The van der Waals surface area contributed by atoms with Crippen LogP contribution in [-0.2, 0) is 0 Å². The van der Waals surface area contributed by atoms with E-state index in [-0.39, 0.29) is 0 Å². The van der Waals surface area contributed by atoms with Gasteiger partial charge in [0.15, 0.2) is 0 Å². The Kier molecular flexibility index (Phi) is 4.94. The second kappa shape index (κ2) is 6.89. The summed E-state index contributed by atoms with van der Waals surface area (Å²) < 4.78 is 0. The van der Waals surface area contributed by atoms with Gasteiger partial charge in [-0.3, -0.25) is 0 Å². The Labute approximate surface area is 125 Å². The summed E-state index contributed by atoms with van der Waals surface area (Å²) in [5.41, 5.74) is 4.24. The highest BCUT2D eigenvalue weighted by molar-refractivity contribution is 5.96. The van der Waals surface area contributed by atoms with Crippen LogP contribution in [-0.4, -0.2) is 11.1 Å². The van der Waals surface area contributed by atoms with Crippen LogP contribution in [0.15, 0.2) is 48.5 Å². The lowest BCUT2D eigenvalue weighted by Crippen LogP contribution is -1.99. The van der Waals surface area contributed by atoms with Crippen molar-refractivity contribution < 1.29 is 9.90 Å². The molecule has 2 heteroatoms. The van der Waals surface area contributed by atoms with Crippen LogP contribution in [0.2, 0.25) is 0 Å². The third-order valence-electron chi connectivity index (χ3n) is 3.39. The van der Waals surface area contributed by atoms with Gasteiger partial charge in [-0.25, -0.2) is 4.79 Å². The van der Waals surface area contributed by atoms with Gasteiger partial charge in [-0.1, -0.05) is 67.5 Å². The summed E-state index contributed by atoms with van der Waals surface area (Å²) in [5, 5.41) is 9.30. The standard InChI is InChI=1S/C19H20O2/c1-3-4-5-6-15-8-10-16(11-9-15)18-13-14(2)7-12-17(18)19(20)21/h5-13H,3-4H2,1-2H3,(H,20,21)/b6-5+. The number of carboxylic acid groups (broad SMARTS) is 1. The molecule has 0 saturated heterocycles. The van der Waals surface area contributed by atoms with Crippen LogP contribution in [0.25, 0.3) is 17.2 Å². The molecule has 0 aliphatic rings. The van der Waals surface area contributed by atoms with Gasteiger partial charge >= 0.3 is 5.97 Å². The van der Waals surface area contributed by atoms with E-state index in [1.54, 1.807) is 6.07 Å². The lowest BCUT2D eigenvalue weighted by molar-refractivity contribution is 0.0697. The van der Waals surface area contributed by atoms with Crippen LogP contribution in [0.1, 0.15) is 41.3 Å². The van der Waals surface area contributed by atoms with E-state index in [1.807, 2.05) is 43.3 Å². The average molecular weight is 280 g/mol. The Morgan fingerprint density at radius 1 is 1.14 bits per heavy atom. The van der Waals surface area contributed by atoms with E-state index in [4.69, 9.17) is 0 Å². The topological polar surface area (TPSA) is 37.3 Å². The van der Waals surface area contributed by atoms with E-state index in [0.717, 1.165) is 35.1 Å². The van der Waals surface area contributed by atoms with Gasteiger partial charge in [0.2, 0.25) is 0 Å². The Morgan fingerprint density at radius 2 is 1.86 bits per heavy atom. The number of hydrogen-bond acceptors (Lipinski definition) is 1. The van der Waals surface area contributed by atoms with Gasteiger partial charge in [0.1, 0.15) is 0 Å². The van der Waals surface area contributed by atoms with Crippen molar-refractivity contribution in [2.24, 2.45) is 0 Å². The smallest absolute Gasteiger partial charge is 0.336 e. The molecule has 0 fully saturated rings. The lowest BCUT2D eigenvalue weighted by atomic mass is 9.96. The van der Waals surface area contributed by atoms with Crippen molar-refractivity contribution in [2.75, 3.05) is 0 Å². The maximum absolute atomic E-state index is 11.3. The molecule has 0 heterocycles. The first-order chi connectivity index (χ1) is 10.1. The molecule has 0 aliphatic heterocycles. The zero-order chi connectivity index (χ0) is 15.2. The third kappa shape index (κ3) is 3.82. The average Bonchev–Trinajstić information content (AvgIpc) is 2.48. The molecule has 0 aliphatic carbocycles. The molecule has 0 saturated carbocycles. The van der Waals surface area contributed by atoms with Gasteiger partial charge in [-0.15, -0.1) is 0 Å². The second-order valence-electron chi connectivity index (χ2n) is 5.17. The molecule has 0 amide bonds. The minimum absolute atomic E-state index is 0.342. The summed E-state index contributed by atoms with van der Waals surface area (Å²) in [4.78, 5) is 11.3. The Bertz CT molecular complexity index is 652. The van der Waals surface area contributed by atoms with Crippen molar-refractivity contribution >= 4 is 12.0 Å². The van der Waals surface area contributed by atoms with E-state index < -0.39 is 5.97 Å². The van der Waals surface area contributed by atoms with E-state index in [1.165, 1.54) is 0 Å². The number of allylic oxidation sites excluding steroid dienone is 1. The third-order valence-corrected chi connectivity index (χ3v) is 3.39. The number of carbonyl (C=O) groups is 1. The zero-order valence-electron chi connectivity index (χ0n) is 12.5. The molecule has 2 aromatic rings. The van der Waals surface area contributed by atoms with Crippen LogP contribution in [0.4, 0.5) is 0 Å². The molecule has 21 heavy (non-hydrogen) atoms. The first kappa shape index (κ1) is 15.0.